The second-order valence-electron chi connectivity index (χ2n) is 3.92. The van der Waals surface area contributed by atoms with Crippen molar-refractivity contribution in [2.24, 2.45) is 0 Å². The molecule has 0 spiro atoms. The molecule has 2 rings (SSSR count). The van der Waals surface area contributed by atoms with Gasteiger partial charge in [-0.15, -0.1) is 0 Å². The molecular formula is C11H8BrF3N2O2. The molecule has 1 aromatic carbocycles. The smallest absolute Gasteiger partial charge is 0.294 e. The Hall–Kier alpha value is -1.57. The summed E-state index contributed by atoms with van der Waals surface area (Å²) >= 11 is 2.84. The molecular weight excluding hydrogens is 329 g/mol. The molecule has 3 amide bonds. The van der Waals surface area contributed by atoms with E-state index in [1.807, 2.05) is 0 Å². The molecule has 102 valence electrons. The summed E-state index contributed by atoms with van der Waals surface area (Å²) < 4.78 is 37.6. The lowest BCUT2D eigenvalue weighted by Crippen LogP contribution is -2.49. The molecule has 0 aromatic heterocycles. The number of urea groups is 1. The van der Waals surface area contributed by atoms with Gasteiger partial charge in [0.15, 0.2) is 0 Å². The zero-order chi connectivity index (χ0) is 14.2. The van der Waals surface area contributed by atoms with Crippen LogP contribution in [0.5, 0.6) is 0 Å². The highest BCUT2D eigenvalue weighted by Gasteiger charge is 2.33. The van der Waals surface area contributed by atoms with Crippen LogP contribution in [0.2, 0.25) is 0 Å². The van der Waals surface area contributed by atoms with E-state index in [0.29, 0.717) is 5.69 Å². The van der Waals surface area contributed by atoms with Crippen LogP contribution in [0, 0.1) is 0 Å². The molecule has 19 heavy (non-hydrogen) atoms. The molecule has 0 atom stereocenters. The van der Waals surface area contributed by atoms with Crippen LogP contribution in [0.15, 0.2) is 22.7 Å². The average Bonchev–Trinajstić information content (AvgIpc) is 2.26. The summed E-state index contributed by atoms with van der Waals surface area (Å²) in [5.41, 5.74) is -0.519. The maximum Gasteiger partial charge on any atom is 0.417 e. The van der Waals surface area contributed by atoms with Crippen molar-refractivity contribution in [3.8, 4) is 0 Å². The predicted molar refractivity (Wildman–Crippen MR) is 64.6 cm³/mol. The standard InChI is InChI=1S/C11H8BrF3N2O2/c12-8-5-6(1-2-7(8)11(13,14)15)17-4-3-9(18)16-10(17)19/h1-2,5H,3-4H2,(H,16,18,19). The van der Waals surface area contributed by atoms with Crippen LogP contribution in [0.4, 0.5) is 23.7 Å². The lowest BCUT2D eigenvalue weighted by atomic mass is 10.1. The highest BCUT2D eigenvalue weighted by atomic mass is 79.9. The third-order valence-corrected chi connectivity index (χ3v) is 3.28. The van der Waals surface area contributed by atoms with Crippen LogP contribution in [0.1, 0.15) is 12.0 Å². The summed E-state index contributed by atoms with van der Waals surface area (Å²) in [4.78, 5) is 23.8. The zero-order valence-corrected chi connectivity index (χ0v) is 11.0. The minimum absolute atomic E-state index is 0.115. The predicted octanol–water partition coefficient (Wildman–Crippen LogP) is 2.91. The number of nitrogens with zero attached hydrogens (tertiary/aromatic N) is 1. The maximum absolute atomic E-state index is 12.6. The van der Waals surface area contributed by atoms with Crippen LogP contribution < -0.4 is 10.2 Å². The van der Waals surface area contributed by atoms with E-state index in [1.165, 1.54) is 17.0 Å². The zero-order valence-electron chi connectivity index (χ0n) is 9.42. The summed E-state index contributed by atoms with van der Waals surface area (Å²) in [6, 6.07) is 2.66. The van der Waals surface area contributed by atoms with Gasteiger partial charge in [-0.1, -0.05) is 15.9 Å². The number of imide groups is 1. The van der Waals surface area contributed by atoms with Crippen molar-refractivity contribution < 1.29 is 22.8 Å². The van der Waals surface area contributed by atoms with Crippen LogP contribution in [0.3, 0.4) is 0 Å². The summed E-state index contributed by atoms with van der Waals surface area (Å²) in [5, 5.41) is 2.10. The molecule has 8 heteroatoms. The van der Waals surface area contributed by atoms with E-state index >= 15 is 0 Å². The number of hydrogen-bond donors (Lipinski definition) is 1. The van der Waals surface area contributed by atoms with Crippen molar-refractivity contribution in [1.82, 2.24) is 5.32 Å². The van der Waals surface area contributed by atoms with E-state index in [9.17, 15) is 22.8 Å². The van der Waals surface area contributed by atoms with Gasteiger partial charge in [0.05, 0.1) is 5.56 Å². The summed E-state index contributed by atoms with van der Waals surface area (Å²) in [6.45, 7) is 0.141. The van der Waals surface area contributed by atoms with E-state index in [4.69, 9.17) is 0 Å². The fourth-order valence-electron chi connectivity index (χ4n) is 1.71. The van der Waals surface area contributed by atoms with E-state index < -0.39 is 23.7 Å². The summed E-state index contributed by atoms with van der Waals surface area (Å²) in [6.07, 6.45) is -4.35. The van der Waals surface area contributed by atoms with Crippen molar-refractivity contribution in [3.63, 3.8) is 0 Å². The molecule has 1 aliphatic rings. The number of nitrogens with one attached hydrogen (secondary N) is 1. The first-order valence-corrected chi connectivity index (χ1v) is 6.06. The average molecular weight is 337 g/mol. The largest absolute Gasteiger partial charge is 0.417 e. The normalized spacial score (nSPS) is 16.5. The first-order chi connectivity index (χ1) is 8.79. The first kappa shape index (κ1) is 13.9. The van der Waals surface area contributed by atoms with Crippen molar-refractivity contribution in [1.29, 1.82) is 0 Å². The molecule has 0 unspecified atom stereocenters. The van der Waals surface area contributed by atoms with Crippen molar-refractivity contribution in [2.45, 2.75) is 12.6 Å². The third-order valence-electron chi connectivity index (χ3n) is 2.62. The molecule has 1 aliphatic heterocycles. The molecule has 1 heterocycles. The number of amides is 3. The van der Waals surface area contributed by atoms with Crippen LogP contribution in [0.25, 0.3) is 0 Å². The van der Waals surface area contributed by atoms with E-state index in [-0.39, 0.29) is 17.4 Å². The van der Waals surface area contributed by atoms with Gasteiger partial charge < -0.3 is 0 Å². The topological polar surface area (TPSA) is 49.4 Å². The minimum Gasteiger partial charge on any atom is -0.294 e. The highest BCUT2D eigenvalue weighted by Crippen LogP contribution is 2.36. The van der Waals surface area contributed by atoms with Gasteiger partial charge >= 0.3 is 12.2 Å². The van der Waals surface area contributed by atoms with Gasteiger partial charge in [-0.2, -0.15) is 13.2 Å². The second kappa shape index (κ2) is 4.84. The monoisotopic (exact) mass is 336 g/mol. The van der Waals surface area contributed by atoms with E-state index in [1.54, 1.807) is 0 Å². The van der Waals surface area contributed by atoms with Crippen LogP contribution >= 0.6 is 15.9 Å². The number of carbonyl (C=O) groups is 2. The Labute approximate surface area is 114 Å². The molecule has 0 bridgehead atoms. The molecule has 4 nitrogen and oxygen atoms in total. The number of anilines is 1. The molecule has 0 saturated carbocycles. The molecule has 1 aromatic rings. The van der Waals surface area contributed by atoms with E-state index in [2.05, 4.69) is 21.2 Å². The number of carbonyl (C=O) groups excluding carboxylic acids is 2. The first-order valence-electron chi connectivity index (χ1n) is 5.27. The number of rotatable bonds is 1. The number of alkyl halides is 3. The second-order valence-corrected chi connectivity index (χ2v) is 4.77. The molecule has 0 aliphatic carbocycles. The van der Waals surface area contributed by atoms with Crippen molar-refractivity contribution >= 4 is 33.6 Å². The van der Waals surface area contributed by atoms with Gasteiger partial charge in [-0.05, 0) is 18.2 Å². The molecule has 1 N–H and O–H groups in total. The van der Waals surface area contributed by atoms with Gasteiger partial charge in [-0.3, -0.25) is 15.0 Å². The maximum atomic E-state index is 12.6. The van der Waals surface area contributed by atoms with Crippen LogP contribution in [-0.2, 0) is 11.0 Å². The lowest BCUT2D eigenvalue weighted by molar-refractivity contribution is -0.138. The Morgan fingerprint density at radius 3 is 2.47 bits per heavy atom. The van der Waals surface area contributed by atoms with Crippen LogP contribution in [-0.4, -0.2) is 18.5 Å². The third kappa shape index (κ3) is 2.89. The Bertz CT molecular complexity index is 545. The summed E-state index contributed by atoms with van der Waals surface area (Å²) in [5.74, 6) is -0.396. The Morgan fingerprint density at radius 1 is 1.26 bits per heavy atom. The Balaban J connectivity index is 2.30. The number of halogens is 4. The fourth-order valence-corrected chi connectivity index (χ4v) is 2.30. The SMILES string of the molecule is O=C1CCN(c2ccc(C(F)(F)F)c(Br)c2)C(=O)N1. The summed E-state index contributed by atoms with van der Waals surface area (Å²) in [7, 11) is 0. The van der Waals surface area contributed by atoms with E-state index in [0.717, 1.165) is 6.07 Å². The minimum atomic E-state index is -4.46. The van der Waals surface area contributed by atoms with Gasteiger partial charge in [0.1, 0.15) is 0 Å². The Kier molecular flexibility index (Phi) is 3.53. The van der Waals surface area contributed by atoms with Gasteiger partial charge in [-0.25, -0.2) is 4.79 Å². The number of benzene rings is 1. The lowest BCUT2D eigenvalue weighted by Gasteiger charge is -2.27. The molecule has 0 radical (unpaired) electrons. The van der Waals surface area contributed by atoms with Gasteiger partial charge in [0.25, 0.3) is 0 Å². The van der Waals surface area contributed by atoms with Crippen molar-refractivity contribution in [2.75, 3.05) is 11.4 Å². The fraction of sp³-hybridized carbons (Fsp3) is 0.273. The highest BCUT2D eigenvalue weighted by molar-refractivity contribution is 9.10. The quantitative estimate of drug-likeness (QED) is 0.857. The van der Waals surface area contributed by atoms with Gasteiger partial charge in [0.2, 0.25) is 5.91 Å². The molecule has 1 fully saturated rings. The van der Waals surface area contributed by atoms with Gasteiger partial charge in [0, 0.05) is 23.1 Å². The number of hydrogen-bond acceptors (Lipinski definition) is 2. The molecule has 1 saturated heterocycles. The van der Waals surface area contributed by atoms with Crippen molar-refractivity contribution in [3.05, 3.63) is 28.2 Å². The Morgan fingerprint density at radius 2 is 1.95 bits per heavy atom.